The summed E-state index contributed by atoms with van der Waals surface area (Å²) in [5, 5.41) is 0. The minimum Gasteiger partial charge on any atom is -0.406 e. The molecule has 0 saturated heterocycles. The van der Waals surface area contributed by atoms with Gasteiger partial charge in [-0.3, -0.25) is 4.72 Å². The van der Waals surface area contributed by atoms with E-state index in [1.165, 1.54) is 0 Å². The van der Waals surface area contributed by atoms with Crippen LogP contribution in [0.15, 0.2) is 41.3 Å². The van der Waals surface area contributed by atoms with Gasteiger partial charge in [0.15, 0.2) is 0 Å². The third kappa shape index (κ3) is 4.85. The Kier molecular flexibility index (Phi) is 4.51. The lowest BCUT2D eigenvalue weighted by Crippen LogP contribution is -2.17. The molecule has 0 amide bonds. The van der Waals surface area contributed by atoms with E-state index >= 15 is 0 Å². The van der Waals surface area contributed by atoms with Crippen LogP contribution in [-0.4, -0.2) is 19.8 Å². The summed E-state index contributed by atoms with van der Waals surface area (Å²) >= 11 is 0. The second-order valence-electron chi connectivity index (χ2n) is 4.80. The number of aryl methyl sites for hydroxylation is 2. The number of alkyl halides is 3. The van der Waals surface area contributed by atoms with Crippen molar-refractivity contribution in [1.82, 2.24) is 4.98 Å². The highest BCUT2D eigenvalue weighted by Gasteiger charge is 2.31. The fourth-order valence-corrected chi connectivity index (χ4v) is 2.90. The van der Waals surface area contributed by atoms with Crippen molar-refractivity contribution in [3.05, 3.63) is 47.7 Å². The summed E-state index contributed by atoms with van der Waals surface area (Å²) in [4.78, 5) is 3.85. The van der Waals surface area contributed by atoms with E-state index in [1.807, 2.05) is 0 Å². The van der Waals surface area contributed by atoms with Crippen LogP contribution in [0.5, 0.6) is 5.75 Å². The first-order chi connectivity index (χ1) is 10.5. The maximum atomic E-state index is 12.2. The Morgan fingerprint density at radius 2 is 1.70 bits per heavy atom. The third-order valence-electron chi connectivity index (χ3n) is 2.70. The van der Waals surface area contributed by atoms with Crippen molar-refractivity contribution in [1.29, 1.82) is 0 Å². The quantitative estimate of drug-likeness (QED) is 0.921. The lowest BCUT2D eigenvalue weighted by Gasteiger charge is -2.11. The number of pyridine rings is 1. The van der Waals surface area contributed by atoms with Crippen molar-refractivity contribution in [3.63, 3.8) is 0 Å². The van der Waals surface area contributed by atoms with E-state index in [-0.39, 0.29) is 10.7 Å². The van der Waals surface area contributed by atoms with Gasteiger partial charge in [0.1, 0.15) is 11.6 Å². The van der Waals surface area contributed by atoms with Crippen LogP contribution in [0, 0.1) is 13.8 Å². The average Bonchev–Trinajstić information content (AvgIpc) is 2.35. The van der Waals surface area contributed by atoms with Crippen LogP contribution in [0.1, 0.15) is 11.3 Å². The van der Waals surface area contributed by atoms with Crippen molar-refractivity contribution in [2.24, 2.45) is 0 Å². The van der Waals surface area contributed by atoms with E-state index in [1.54, 1.807) is 26.0 Å². The molecule has 0 aliphatic rings. The number of ether oxygens (including phenoxy) is 1. The van der Waals surface area contributed by atoms with E-state index in [9.17, 15) is 21.6 Å². The zero-order valence-electron chi connectivity index (χ0n) is 12.2. The summed E-state index contributed by atoms with van der Waals surface area (Å²) in [5.41, 5.74) is 1.46. The molecule has 0 atom stereocenters. The first-order valence-electron chi connectivity index (χ1n) is 6.39. The summed E-state index contributed by atoms with van der Waals surface area (Å²) in [6.07, 6.45) is -4.83. The molecule has 9 heteroatoms. The minimum absolute atomic E-state index is 0.137. The minimum atomic E-state index is -4.83. The monoisotopic (exact) mass is 346 g/mol. The first kappa shape index (κ1) is 17.1. The lowest BCUT2D eigenvalue weighted by molar-refractivity contribution is -0.274. The highest BCUT2D eigenvalue weighted by atomic mass is 32.2. The maximum Gasteiger partial charge on any atom is 0.573 e. The molecule has 2 rings (SSSR count). The molecule has 0 unspecified atom stereocenters. The van der Waals surface area contributed by atoms with Gasteiger partial charge < -0.3 is 4.74 Å². The van der Waals surface area contributed by atoms with Crippen molar-refractivity contribution >= 4 is 15.8 Å². The number of nitrogens with zero attached hydrogens (tertiary/aromatic N) is 1. The third-order valence-corrected chi connectivity index (χ3v) is 4.07. The second kappa shape index (κ2) is 6.07. The SMILES string of the molecule is Cc1cc(C)nc(NS(=O)(=O)c2ccc(OC(F)(F)F)cc2)c1. The van der Waals surface area contributed by atoms with Gasteiger partial charge in [-0.1, -0.05) is 0 Å². The molecule has 1 aromatic heterocycles. The number of nitrogens with one attached hydrogen (secondary N) is 1. The molecule has 1 aromatic carbocycles. The Bertz CT molecular complexity index is 783. The Morgan fingerprint density at radius 1 is 1.09 bits per heavy atom. The summed E-state index contributed by atoms with van der Waals surface area (Å²) in [7, 11) is -3.96. The molecule has 124 valence electrons. The van der Waals surface area contributed by atoms with E-state index in [4.69, 9.17) is 0 Å². The lowest BCUT2D eigenvalue weighted by atomic mass is 10.2. The van der Waals surface area contributed by atoms with Gasteiger partial charge in [0.05, 0.1) is 4.90 Å². The standard InChI is InChI=1S/C14H13F3N2O3S/c1-9-7-10(2)18-13(8-9)19-23(20,21)12-5-3-11(4-6-12)22-14(15,16)17/h3-8H,1-2H3,(H,18,19). The molecule has 0 saturated carbocycles. The van der Waals surface area contributed by atoms with Crippen molar-refractivity contribution in [3.8, 4) is 5.75 Å². The molecule has 23 heavy (non-hydrogen) atoms. The van der Waals surface area contributed by atoms with Crippen molar-refractivity contribution < 1.29 is 26.3 Å². The van der Waals surface area contributed by atoms with Gasteiger partial charge in [-0.15, -0.1) is 13.2 Å². The number of halogens is 3. The number of benzene rings is 1. The molecule has 0 aliphatic heterocycles. The summed E-state index contributed by atoms with van der Waals surface area (Å²) < 4.78 is 66.6. The normalized spacial score (nSPS) is 12.0. The Labute approximate surface area is 131 Å². The molecule has 0 radical (unpaired) electrons. The van der Waals surface area contributed by atoms with E-state index in [0.717, 1.165) is 29.8 Å². The molecule has 1 N–H and O–H groups in total. The summed E-state index contributed by atoms with van der Waals surface area (Å²) in [6, 6.07) is 7.22. The number of rotatable bonds is 4. The first-order valence-corrected chi connectivity index (χ1v) is 7.87. The molecule has 1 heterocycles. The van der Waals surface area contributed by atoms with Gasteiger partial charge in [0.25, 0.3) is 10.0 Å². The summed E-state index contributed by atoms with van der Waals surface area (Å²) in [6.45, 7) is 3.50. The van der Waals surface area contributed by atoms with Gasteiger partial charge in [0, 0.05) is 5.69 Å². The van der Waals surface area contributed by atoms with Gasteiger partial charge in [-0.25, -0.2) is 13.4 Å². The number of sulfonamides is 1. The zero-order valence-corrected chi connectivity index (χ0v) is 13.0. The van der Waals surface area contributed by atoms with Crippen LogP contribution in [0.25, 0.3) is 0 Å². The number of hydrogen-bond acceptors (Lipinski definition) is 4. The van der Waals surface area contributed by atoms with Crippen LogP contribution in [0.2, 0.25) is 0 Å². The molecular formula is C14H13F3N2O3S. The maximum absolute atomic E-state index is 12.2. The zero-order chi connectivity index (χ0) is 17.3. The van der Waals surface area contributed by atoms with E-state index in [0.29, 0.717) is 5.69 Å². The van der Waals surface area contributed by atoms with E-state index in [2.05, 4.69) is 14.4 Å². The smallest absolute Gasteiger partial charge is 0.406 e. The Morgan fingerprint density at radius 3 is 2.22 bits per heavy atom. The topological polar surface area (TPSA) is 68.3 Å². The van der Waals surface area contributed by atoms with Crippen LogP contribution < -0.4 is 9.46 Å². The summed E-state index contributed by atoms with van der Waals surface area (Å²) in [5.74, 6) is -0.362. The van der Waals surface area contributed by atoms with Crippen LogP contribution in [-0.2, 0) is 10.0 Å². The Hall–Kier alpha value is -2.29. The van der Waals surface area contributed by atoms with Gasteiger partial charge in [0.2, 0.25) is 0 Å². The molecule has 0 spiro atoms. The number of anilines is 1. The predicted molar refractivity (Wildman–Crippen MR) is 77.6 cm³/mol. The van der Waals surface area contributed by atoms with Crippen LogP contribution in [0.4, 0.5) is 19.0 Å². The average molecular weight is 346 g/mol. The molecule has 0 fully saturated rings. The molecule has 0 aliphatic carbocycles. The van der Waals surface area contributed by atoms with E-state index < -0.39 is 22.1 Å². The number of aromatic nitrogens is 1. The van der Waals surface area contributed by atoms with Crippen molar-refractivity contribution in [2.45, 2.75) is 25.1 Å². The molecule has 2 aromatic rings. The second-order valence-corrected chi connectivity index (χ2v) is 6.48. The molecule has 0 bridgehead atoms. The molecule has 5 nitrogen and oxygen atoms in total. The van der Waals surface area contributed by atoms with Crippen molar-refractivity contribution in [2.75, 3.05) is 4.72 Å². The highest BCUT2D eigenvalue weighted by Crippen LogP contribution is 2.24. The van der Waals surface area contributed by atoms with Crippen LogP contribution >= 0.6 is 0 Å². The fraction of sp³-hybridized carbons (Fsp3) is 0.214. The van der Waals surface area contributed by atoms with Crippen LogP contribution in [0.3, 0.4) is 0 Å². The largest absolute Gasteiger partial charge is 0.573 e. The number of hydrogen-bond donors (Lipinski definition) is 1. The van der Waals surface area contributed by atoms with Gasteiger partial charge >= 0.3 is 6.36 Å². The fourth-order valence-electron chi connectivity index (χ4n) is 1.91. The molecular weight excluding hydrogens is 333 g/mol. The van der Waals surface area contributed by atoms with Gasteiger partial charge in [-0.2, -0.15) is 0 Å². The predicted octanol–water partition coefficient (Wildman–Crippen LogP) is 3.40. The highest BCUT2D eigenvalue weighted by molar-refractivity contribution is 7.92. The Balaban J connectivity index is 2.22. The van der Waals surface area contributed by atoms with Gasteiger partial charge in [-0.05, 0) is 55.8 Å².